The molecule has 144 valence electrons. The van der Waals surface area contributed by atoms with Gasteiger partial charge in [-0.2, -0.15) is 13.2 Å². The molecule has 0 aromatic heterocycles. The highest BCUT2D eigenvalue weighted by Gasteiger charge is 2.31. The number of hydrogen-bond donors (Lipinski definition) is 1. The minimum Gasteiger partial charge on any atom is -0.347 e. The number of alkyl halides is 3. The molecule has 0 unspecified atom stereocenters. The van der Waals surface area contributed by atoms with Crippen molar-refractivity contribution >= 4 is 22.6 Å². The molecule has 2 amide bonds. The van der Waals surface area contributed by atoms with Crippen LogP contribution in [0.4, 0.5) is 13.2 Å². The average Bonchev–Trinajstić information content (AvgIpc) is 2.66. The summed E-state index contributed by atoms with van der Waals surface area (Å²) in [6.45, 7) is -0.548. The van der Waals surface area contributed by atoms with Crippen molar-refractivity contribution in [3.05, 3.63) is 48.0 Å². The Kier molecular flexibility index (Phi) is 5.68. The smallest absolute Gasteiger partial charge is 0.347 e. The number of nitrogens with zero attached hydrogens (tertiary/aromatic N) is 1. The predicted octanol–water partition coefficient (Wildman–Crippen LogP) is 3.30. The minimum atomic E-state index is -4.41. The van der Waals surface area contributed by atoms with Crippen LogP contribution in [0.25, 0.3) is 10.8 Å². The molecule has 0 atom stereocenters. The third kappa shape index (κ3) is 4.99. The van der Waals surface area contributed by atoms with Gasteiger partial charge in [0.1, 0.15) is 6.54 Å². The van der Waals surface area contributed by atoms with Crippen LogP contribution in [-0.4, -0.2) is 42.5 Å². The monoisotopic (exact) mass is 378 g/mol. The van der Waals surface area contributed by atoms with E-state index in [4.69, 9.17) is 0 Å². The number of hydrogen-bond acceptors (Lipinski definition) is 2. The van der Waals surface area contributed by atoms with Crippen LogP contribution in [0.3, 0.4) is 0 Å². The van der Waals surface area contributed by atoms with Crippen molar-refractivity contribution in [3.63, 3.8) is 0 Å². The summed E-state index contributed by atoms with van der Waals surface area (Å²) in [5.74, 6) is -1.09. The molecule has 1 heterocycles. The lowest BCUT2D eigenvalue weighted by Crippen LogP contribution is -2.45. The Morgan fingerprint density at radius 3 is 2.41 bits per heavy atom. The van der Waals surface area contributed by atoms with Crippen LogP contribution in [-0.2, 0) is 16.0 Å². The van der Waals surface area contributed by atoms with Crippen molar-refractivity contribution in [1.82, 2.24) is 10.2 Å². The molecule has 1 N–H and O–H groups in total. The van der Waals surface area contributed by atoms with Crippen LogP contribution in [0.1, 0.15) is 18.4 Å². The van der Waals surface area contributed by atoms with Crippen molar-refractivity contribution < 1.29 is 22.8 Å². The first-order valence-electron chi connectivity index (χ1n) is 8.92. The third-order valence-electron chi connectivity index (χ3n) is 4.90. The van der Waals surface area contributed by atoms with E-state index < -0.39 is 24.5 Å². The molecule has 0 radical (unpaired) electrons. The van der Waals surface area contributed by atoms with Gasteiger partial charge in [0.05, 0.1) is 6.42 Å². The fourth-order valence-electron chi connectivity index (χ4n) is 3.44. The summed E-state index contributed by atoms with van der Waals surface area (Å²) in [5, 5.41) is 4.04. The summed E-state index contributed by atoms with van der Waals surface area (Å²) < 4.78 is 36.6. The van der Waals surface area contributed by atoms with Gasteiger partial charge in [-0.05, 0) is 29.2 Å². The Morgan fingerprint density at radius 1 is 1.04 bits per heavy atom. The van der Waals surface area contributed by atoms with E-state index in [0.29, 0.717) is 25.9 Å². The molecule has 7 heteroatoms. The topological polar surface area (TPSA) is 49.4 Å². The Bertz CT molecular complexity index is 822. The molecule has 2 aromatic rings. The first kappa shape index (κ1) is 19.2. The number of fused-ring (bicyclic) bond motifs is 1. The van der Waals surface area contributed by atoms with Gasteiger partial charge < -0.3 is 10.2 Å². The van der Waals surface area contributed by atoms with Gasteiger partial charge in [0, 0.05) is 19.0 Å². The predicted molar refractivity (Wildman–Crippen MR) is 96.0 cm³/mol. The van der Waals surface area contributed by atoms with Gasteiger partial charge in [-0.25, -0.2) is 0 Å². The minimum absolute atomic E-state index is 0.0273. The van der Waals surface area contributed by atoms with Crippen molar-refractivity contribution in [3.8, 4) is 0 Å². The standard InChI is InChI=1S/C20H21F3N2O2/c21-20(22,23)13-24-19(27)15-8-10-25(11-9-15)18(26)12-16-6-3-5-14-4-1-2-7-17(14)16/h1-7,15H,8-13H2,(H,24,27). The summed E-state index contributed by atoms with van der Waals surface area (Å²) in [4.78, 5) is 26.2. The van der Waals surface area contributed by atoms with Gasteiger partial charge >= 0.3 is 6.18 Å². The molecule has 0 saturated carbocycles. The van der Waals surface area contributed by atoms with Gasteiger partial charge in [-0.3, -0.25) is 9.59 Å². The Morgan fingerprint density at radius 2 is 1.70 bits per heavy atom. The molecule has 0 aliphatic carbocycles. The third-order valence-corrected chi connectivity index (χ3v) is 4.90. The zero-order valence-corrected chi connectivity index (χ0v) is 14.8. The number of piperidine rings is 1. The highest BCUT2D eigenvalue weighted by molar-refractivity contribution is 5.90. The Balaban J connectivity index is 1.55. The highest BCUT2D eigenvalue weighted by Crippen LogP contribution is 2.22. The molecule has 1 aliphatic heterocycles. The lowest BCUT2D eigenvalue weighted by Gasteiger charge is -2.31. The summed E-state index contributed by atoms with van der Waals surface area (Å²) >= 11 is 0. The lowest BCUT2D eigenvalue weighted by molar-refractivity contribution is -0.142. The van der Waals surface area contributed by atoms with Gasteiger partial charge in [0.2, 0.25) is 11.8 Å². The number of likely N-dealkylation sites (tertiary alicyclic amines) is 1. The number of rotatable bonds is 4. The normalized spacial score (nSPS) is 15.7. The fourth-order valence-corrected chi connectivity index (χ4v) is 3.44. The molecule has 4 nitrogen and oxygen atoms in total. The van der Waals surface area contributed by atoms with E-state index in [1.807, 2.05) is 47.8 Å². The van der Waals surface area contributed by atoms with E-state index in [1.54, 1.807) is 4.90 Å². The van der Waals surface area contributed by atoms with Crippen LogP contribution in [0.2, 0.25) is 0 Å². The molecule has 1 fully saturated rings. The second-order valence-corrected chi connectivity index (χ2v) is 6.80. The second-order valence-electron chi connectivity index (χ2n) is 6.80. The maximum absolute atomic E-state index is 12.6. The molecule has 3 rings (SSSR count). The lowest BCUT2D eigenvalue weighted by atomic mass is 9.95. The summed E-state index contributed by atoms with van der Waals surface area (Å²) in [6.07, 6.45) is -3.38. The maximum atomic E-state index is 12.6. The molecule has 2 aromatic carbocycles. The number of carbonyl (C=O) groups excluding carboxylic acids is 2. The Hall–Kier alpha value is -2.57. The molecular weight excluding hydrogens is 357 g/mol. The molecule has 1 saturated heterocycles. The van der Waals surface area contributed by atoms with E-state index in [2.05, 4.69) is 0 Å². The van der Waals surface area contributed by atoms with Gasteiger partial charge in [0.15, 0.2) is 0 Å². The molecular formula is C20H21F3N2O2. The number of halogens is 3. The zero-order chi connectivity index (χ0) is 19.4. The van der Waals surface area contributed by atoms with Crippen LogP contribution < -0.4 is 5.32 Å². The number of carbonyl (C=O) groups is 2. The van der Waals surface area contributed by atoms with Crippen molar-refractivity contribution in [1.29, 1.82) is 0 Å². The van der Waals surface area contributed by atoms with E-state index in [9.17, 15) is 22.8 Å². The van der Waals surface area contributed by atoms with Crippen LogP contribution in [0, 0.1) is 5.92 Å². The summed E-state index contributed by atoms with van der Waals surface area (Å²) in [5.41, 5.74) is 0.947. The summed E-state index contributed by atoms with van der Waals surface area (Å²) in [7, 11) is 0. The highest BCUT2D eigenvalue weighted by atomic mass is 19.4. The summed E-state index contributed by atoms with van der Waals surface area (Å²) in [6, 6.07) is 13.7. The van der Waals surface area contributed by atoms with E-state index in [1.165, 1.54) is 0 Å². The average molecular weight is 378 g/mol. The SMILES string of the molecule is O=C(NCC(F)(F)F)C1CCN(C(=O)Cc2cccc3ccccc23)CC1. The van der Waals surface area contributed by atoms with E-state index in [-0.39, 0.29) is 12.3 Å². The van der Waals surface area contributed by atoms with Crippen LogP contribution in [0.15, 0.2) is 42.5 Å². The largest absolute Gasteiger partial charge is 0.405 e. The number of nitrogens with one attached hydrogen (secondary N) is 1. The first-order chi connectivity index (χ1) is 12.8. The second kappa shape index (κ2) is 7.98. The quantitative estimate of drug-likeness (QED) is 0.888. The van der Waals surface area contributed by atoms with E-state index in [0.717, 1.165) is 16.3 Å². The van der Waals surface area contributed by atoms with Gasteiger partial charge in [-0.15, -0.1) is 0 Å². The van der Waals surface area contributed by atoms with Crippen molar-refractivity contribution in [2.75, 3.05) is 19.6 Å². The maximum Gasteiger partial charge on any atom is 0.405 e. The number of benzene rings is 2. The van der Waals surface area contributed by atoms with Crippen molar-refractivity contribution in [2.45, 2.75) is 25.4 Å². The zero-order valence-electron chi connectivity index (χ0n) is 14.8. The number of amides is 2. The van der Waals surface area contributed by atoms with Crippen LogP contribution >= 0.6 is 0 Å². The molecule has 0 bridgehead atoms. The fraction of sp³-hybridized carbons (Fsp3) is 0.400. The van der Waals surface area contributed by atoms with E-state index >= 15 is 0 Å². The molecule has 0 spiro atoms. The van der Waals surface area contributed by atoms with Crippen LogP contribution in [0.5, 0.6) is 0 Å². The van der Waals surface area contributed by atoms with Gasteiger partial charge in [-0.1, -0.05) is 42.5 Å². The Labute approximate surface area is 155 Å². The molecule has 27 heavy (non-hydrogen) atoms. The first-order valence-corrected chi connectivity index (χ1v) is 8.92. The van der Waals surface area contributed by atoms with Crippen molar-refractivity contribution in [2.24, 2.45) is 5.92 Å². The molecule has 1 aliphatic rings. The van der Waals surface area contributed by atoms with Gasteiger partial charge in [0.25, 0.3) is 0 Å².